The van der Waals surface area contributed by atoms with Crippen LogP contribution in [0.4, 0.5) is 0 Å². The van der Waals surface area contributed by atoms with Gasteiger partial charge in [0, 0.05) is 11.8 Å². The van der Waals surface area contributed by atoms with Gasteiger partial charge in [-0.3, -0.25) is 4.68 Å². The summed E-state index contributed by atoms with van der Waals surface area (Å²) < 4.78 is 18.8. The Morgan fingerprint density at radius 1 is 1.22 bits per heavy atom. The number of rotatable bonds is 6. The highest BCUT2D eigenvalue weighted by Gasteiger charge is 2.23. The van der Waals surface area contributed by atoms with Crippen LogP contribution in [-0.2, 0) is 11.3 Å². The molecule has 23 heavy (non-hydrogen) atoms. The summed E-state index contributed by atoms with van der Waals surface area (Å²) in [6.45, 7) is 1.67. The van der Waals surface area contributed by atoms with Crippen LogP contribution in [0.1, 0.15) is 25.7 Å². The van der Waals surface area contributed by atoms with E-state index in [-0.39, 0.29) is 0 Å². The number of ether oxygens (including phenoxy) is 3. The average Bonchev–Trinajstić information content (AvgIpc) is 3.03. The van der Waals surface area contributed by atoms with Gasteiger partial charge in [0.15, 0.2) is 11.5 Å². The molecule has 1 unspecified atom stereocenters. The first kappa shape index (κ1) is 14.6. The molecule has 122 valence electrons. The van der Waals surface area contributed by atoms with Crippen LogP contribution in [0.2, 0.25) is 0 Å². The maximum atomic E-state index is 6.16. The lowest BCUT2D eigenvalue weighted by molar-refractivity contribution is 0.201. The smallest absolute Gasteiger partial charge is 0.162 e. The van der Waals surface area contributed by atoms with Crippen molar-refractivity contribution >= 4 is 0 Å². The number of hydrogen-bond donors (Lipinski definition) is 0. The Balaban J connectivity index is 1.56. The number of aromatic nitrogens is 2. The summed E-state index contributed by atoms with van der Waals surface area (Å²) in [5.41, 5.74) is 2.00. The van der Waals surface area contributed by atoms with E-state index in [1.807, 2.05) is 35.1 Å². The molecule has 1 atom stereocenters. The minimum atomic E-state index is 0.309. The summed E-state index contributed by atoms with van der Waals surface area (Å²) in [4.78, 5) is 0. The summed E-state index contributed by atoms with van der Waals surface area (Å²) in [6, 6.07) is 8.06. The summed E-state index contributed by atoms with van der Waals surface area (Å²) in [5, 5.41) is 4.63. The van der Waals surface area contributed by atoms with Crippen molar-refractivity contribution in [1.82, 2.24) is 9.78 Å². The fraction of sp³-hybridized carbons (Fsp3) is 0.500. The third-order valence-electron chi connectivity index (χ3n) is 4.49. The zero-order valence-corrected chi connectivity index (χ0v) is 13.4. The van der Waals surface area contributed by atoms with Gasteiger partial charge in [-0.05, 0) is 49.9 Å². The van der Waals surface area contributed by atoms with Crippen LogP contribution in [0.15, 0.2) is 30.5 Å². The Kier molecular flexibility index (Phi) is 3.95. The lowest BCUT2D eigenvalue weighted by Gasteiger charge is -2.16. The van der Waals surface area contributed by atoms with E-state index in [4.69, 9.17) is 14.2 Å². The Hall–Kier alpha value is -2.01. The van der Waals surface area contributed by atoms with Gasteiger partial charge in [0.05, 0.1) is 32.1 Å². The maximum Gasteiger partial charge on any atom is 0.162 e. The van der Waals surface area contributed by atoms with E-state index in [0.29, 0.717) is 12.2 Å². The molecule has 2 aliphatic rings. The third-order valence-corrected chi connectivity index (χ3v) is 4.49. The van der Waals surface area contributed by atoms with Crippen LogP contribution in [0.25, 0.3) is 11.3 Å². The molecule has 1 saturated carbocycles. The van der Waals surface area contributed by atoms with E-state index in [1.165, 1.54) is 12.8 Å². The molecule has 2 fully saturated rings. The molecule has 1 aliphatic carbocycles. The lowest BCUT2D eigenvalue weighted by Crippen LogP contribution is -2.11. The Labute approximate surface area is 136 Å². The predicted molar refractivity (Wildman–Crippen MR) is 86.8 cm³/mol. The summed E-state index contributed by atoms with van der Waals surface area (Å²) in [6.07, 6.45) is 7.40. The first-order valence-electron chi connectivity index (χ1n) is 8.32. The molecule has 0 radical (unpaired) electrons. The van der Waals surface area contributed by atoms with Gasteiger partial charge in [-0.15, -0.1) is 0 Å². The van der Waals surface area contributed by atoms with Gasteiger partial charge in [-0.1, -0.05) is 0 Å². The molecule has 5 nitrogen and oxygen atoms in total. The van der Waals surface area contributed by atoms with E-state index in [9.17, 15) is 0 Å². The summed E-state index contributed by atoms with van der Waals surface area (Å²) >= 11 is 0. The first-order chi connectivity index (χ1) is 11.3. The fourth-order valence-corrected chi connectivity index (χ4v) is 3.11. The highest BCUT2D eigenvalue weighted by atomic mass is 16.6. The molecule has 5 heteroatoms. The standard InChI is InChI=1S/C18H22N2O3/c1-21-17-7-6-13(10-18(17)23-14-4-2-3-5-14)16-8-9-20(19-16)11-15-12-22-15/h6-10,14-15H,2-5,11-12H2,1H3. The normalized spacial score (nSPS) is 20.7. The second-order valence-electron chi connectivity index (χ2n) is 6.27. The van der Waals surface area contributed by atoms with E-state index in [1.54, 1.807) is 7.11 Å². The van der Waals surface area contributed by atoms with Crippen molar-refractivity contribution in [2.75, 3.05) is 13.7 Å². The zero-order chi connectivity index (χ0) is 15.6. The van der Waals surface area contributed by atoms with Crippen LogP contribution in [0.5, 0.6) is 11.5 Å². The first-order valence-corrected chi connectivity index (χ1v) is 8.32. The van der Waals surface area contributed by atoms with Crippen molar-refractivity contribution in [1.29, 1.82) is 0 Å². The molecular weight excluding hydrogens is 292 g/mol. The van der Waals surface area contributed by atoms with E-state index in [2.05, 4.69) is 5.10 Å². The second-order valence-corrected chi connectivity index (χ2v) is 6.27. The van der Waals surface area contributed by atoms with Gasteiger partial charge in [-0.2, -0.15) is 5.10 Å². The SMILES string of the molecule is COc1ccc(-c2ccn(CC3CO3)n2)cc1OC1CCCC1. The molecule has 1 saturated heterocycles. The fourth-order valence-electron chi connectivity index (χ4n) is 3.11. The molecule has 0 amide bonds. The van der Waals surface area contributed by atoms with Crippen molar-refractivity contribution in [3.63, 3.8) is 0 Å². The molecule has 2 heterocycles. The Bertz CT molecular complexity index is 673. The largest absolute Gasteiger partial charge is 0.493 e. The quantitative estimate of drug-likeness (QED) is 0.768. The molecule has 0 N–H and O–H groups in total. The van der Waals surface area contributed by atoms with Gasteiger partial charge in [0.1, 0.15) is 6.10 Å². The topological polar surface area (TPSA) is 48.8 Å². The third kappa shape index (κ3) is 3.34. The van der Waals surface area contributed by atoms with Gasteiger partial charge in [-0.25, -0.2) is 0 Å². The minimum Gasteiger partial charge on any atom is -0.493 e. The molecule has 0 bridgehead atoms. The molecular formula is C18H22N2O3. The van der Waals surface area contributed by atoms with Gasteiger partial charge >= 0.3 is 0 Å². The molecule has 1 aliphatic heterocycles. The van der Waals surface area contributed by atoms with Crippen LogP contribution >= 0.6 is 0 Å². The van der Waals surface area contributed by atoms with E-state index < -0.39 is 0 Å². The van der Waals surface area contributed by atoms with Crippen LogP contribution in [0, 0.1) is 0 Å². The lowest BCUT2D eigenvalue weighted by atomic mass is 10.1. The van der Waals surface area contributed by atoms with Crippen molar-refractivity contribution in [2.24, 2.45) is 0 Å². The number of epoxide rings is 1. The zero-order valence-electron chi connectivity index (χ0n) is 13.4. The minimum absolute atomic E-state index is 0.309. The molecule has 1 aromatic carbocycles. The number of methoxy groups -OCH3 is 1. The van der Waals surface area contributed by atoms with E-state index >= 15 is 0 Å². The highest BCUT2D eigenvalue weighted by molar-refractivity contribution is 5.63. The average molecular weight is 314 g/mol. The van der Waals surface area contributed by atoms with Crippen LogP contribution in [-0.4, -0.2) is 35.7 Å². The summed E-state index contributed by atoms with van der Waals surface area (Å²) in [5.74, 6) is 1.60. The van der Waals surface area contributed by atoms with Gasteiger partial charge in [0.2, 0.25) is 0 Å². The van der Waals surface area contributed by atoms with Crippen LogP contribution < -0.4 is 9.47 Å². The molecule has 0 spiro atoms. The van der Waals surface area contributed by atoms with Gasteiger partial charge in [0.25, 0.3) is 0 Å². The maximum absolute atomic E-state index is 6.16. The van der Waals surface area contributed by atoms with Crippen molar-refractivity contribution in [3.8, 4) is 22.8 Å². The molecule has 2 aromatic rings. The van der Waals surface area contributed by atoms with Crippen LogP contribution in [0.3, 0.4) is 0 Å². The monoisotopic (exact) mass is 314 g/mol. The van der Waals surface area contributed by atoms with Gasteiger partial charge < -0.3 is 14.2 Å². The molecule has 1 aromatic heterocycles. The summed E-state index contributed by atoms with van der Waals surface area (Å²) in [7, 11) is 1.68. The number of benzene rings is 1. The number of hydrogen-bond acceptors (Lipinski definition) is 4. The van der Waals surface area contributed by atoms with Crippen molar-refractivity contribution < 1.29 is 14.2 Å². The predicted octanol–water partition coefficient (Wildman–Crippen LogP) is 3.28. The highest BCUT2D eigenvalue weighted by Crippen LogP contribution is 2.35. The van der Waals surface area contributed by atoms with Crippen molar-refractivity contribution in [3.05, 3.63) is 30.5 Å². The Morgan fingerprint density at radius 3 is 2.78 bits per heavy atom. The number of nitrogens with zero attached hydrogens (tertiary/aromatic N) is 2. The Morgan fingerprint density at radius 2 is 2.04 bits per heavy atom. The molecule has 4 rings (SSSR count). The second kappa shape index (κ2) is 6.24. The van der Waals surface area contributed by atoms with Crippen molar-refractivity contribution in [2.45, 2.75) is 44.4 Å². The van der Waals surface area contributed by atoms with E-state index in [0.717, 1.165) is 48.7 Å².